The van der Waals surface area contributed by atoms with E-state index in [9.17, 15) is 0 Å². The van der Waals surface area contributed by atoms with E-state index < -0.39 is 0 Å². The van der Waals surface area contributed by atoms with E-state index in [1.165, 1.54) is 12.0 Å². The molecule has 0 radical (unpaired) electrons. The minimum absolute atomic E-state index is 1.03. The molecular formula is C13H20N2. The molecule has 0 saturated carbocycles. The number of benzene rings is 1. The zero-order valence-corrected chi connectivity index (χ0v) is 10.1. The molecule has 82 valence electrons. The molecule has 0 bridgehead atoms. The molecule has 1 aromatic carbocycles. The van der Waals surface area contributed by atoms with Crippen molar-refractivity contribution in [3.8, 4) is 0 Å². The highest BCUT2D eigenvalue weighted by Crippen LogP contribution is 2.15. The van der Waals surface area contributed by atoms with Gasteiger partial charge in [0.05, 0.1) is 5.69 Å². The Morgan fingerprint density at radius 1 is 1.33 bits per heavy atom. The fourth-order valence-corrected chi connectivity index (χ4v) is 1.36. The zero-order valence-electron chi connectivity index (χ0n) is 10.1. The summed E-state index contributed by atoms with van der Waals surface area (Å²) in [5.41, 5.74) is 2.41. The first kappa shape index (κ1) is 11.8. The topological polar surface area (TPSA) is 15.6 Å². The maximum Gasteiger partial charge on any atom is 0.101 e. The highest BCUT2D eigenvalue weighted by Gasteiger charge is 1.96. The number of aliphatic imine (C=N–C) groups is 1. The SMILES string of the molecule is CCCc1cccc(/N=C(\C)N(C)C)c1. The van der Waals surface area contributed by atoms with E-state index in [4.69, 9.17) is 0 Å². The van der Waals surface area contributed by atoms with E-state index >= 15 is 0 Å². The van der Waals surface area contributed by atoms with Crippen LogP contribution < -0.4 is 0 Å². The summed E-state index contributed by atoms with van der Waals surface area (Å²) in [5.74, 6) is 1.03. The molecule has 0 aliphatic carbocycles. The Hall–Kier alpha value is -1.31. The highest BCUT2D eigenvalue weighted by molar-refractivity contribution is 5.82. The number of amidine groups is 1. The van der Waals surface area contributed by atoms with Crippen LogP contribution in [0.5, 0.6) is 0 Å². The van der Waals surface area contributed by atoms with Crippen LogP contribution in [-0.4, -0.2) is 24.8 Å². The van der Waals surface area contributed by atoms with Crippen molar-refractivity contribution in [1.29, 1.82) is 0 Å². The van der Waals surface area contributed by atoms with Gasteiger partial charge >= 0.3 is 0 Å². The van der Waals surface area contributed by atoms with Crippen LogP contribution >= 0.6 is 0 Å². The lowest BCUT2D eigenvalue weighted by Crippen LogP contribution is -2.17. The Kier molecular flexibility index (Phi) is 4.35. The molecule has 0 unspecified atom stereocenters. The number of hydrogen-bond acceptors (Lipinski definition) is 1. The molecule has 0 amide bonds. The van der Waals surface area contributed by atoms with Crippen molar-refractivity contribution in [2.24, 2.45) is 4.99 Å². The van der Waals surface area contributed by atoms with Gasteiger partial charge in [0, 0.05) is 14.1 Å². The minimum atomic E-state index is 1.03. The van der Waals surface area contributed by atoms with Gasteiger partial charge in [0.1, 0.15) is 5.84 Å². The Bertz CT molecular complexity index is 340. The third kappa shape index (κ3) is 3.74. The van der Waals surface area contributed by atoms with Crippen LogP contribution in [-0.2, 0) is 6.42 Å². The average Bonchev–Trinajstić information content (AvgIpc) is 2.18. The Labute approximate surface area is 92.6 Å². The third-order valence-corrected chi connectivity index (χ3v) is 2.39. The van der Waals surface area contributed by atoms with Crippen molar-refractivity contribution in [1.82, 2.24) is 4.90 Å². The van der Waals surface area contributed by atoms with Gasteiger partial charge in [-0.15, -0.1) is 0 Å². The van der Waals surface area contributed by atoms with Crippen LogP contribution in [0.3, 0.4) is 0 Å². The van der Waals surface area contributed by atoms with Crippen LogP contribution in [0.1, 0.15) is 25.8 Å². The van der Waals surface area contributed by atoms with Crippen molar-refractivity contribution in [3.05, 3.63) is 29.8 Å². The van der Waals surface area contributed by atoms with Crippen LogP contribution in [0.2, 0.25) is 0 Å². The van der Waals surface area contributed by atoms with Gasteiger partial charge < -0.3 is 4.90 Å². The number of nitrogens with zero attached hydrogens (tertiary/aromatic N) is 2. The molecular weight excluding hydrogens is 184 g/mol. The summed E-state index contributed by atoms with van der Waals surface area (Å²) in [4.78, 5) is 6.56. The molecule has 0 fully saturated rings. The Morgan fingerprint density at radius 3 is 2.67 bits per heavy atom. The summed E-state index contributed by atoms with van der Waals surface area (Å²) in [5, 5.41) is 0. The first-order valence-corrected chi connectivity index (χ1v) is 5.45. The Balaban J connectivity index is 2.86. The van der Waals surface area contributed by atoms with E-state index in [-0.39, 0.29) is 0 Å². The second kappa shape index (κ2) is 5.54. The third-order valence-electron chi connectivity index (χ3n) is 2.39. The number of rotatable bonds is 3. The first-order valence-electron chi connectivity index (χ1n) is 5.45. The number of aryl methyl sites for hydroxylation is 1. The van der Waals surface area contributed by atoms with Gasteiger partial charge in [0.2, 0.25) is 0 Å². The van der Waals surface area contributed by atoms with Crippen LogP contribution in [0.4, 0.5) is 5.69 Å². The molecule has 0 aromatic heterocycles. The first-order chi connectivity index (χ1) is 7.13. The second-order valence-electron chi connectivity index (χ2n) is 3.97. The summed E-state index contributed by atoms with van der Waals surface area (Å²) in [6, 6.07) is 8.45. The maximum absolute atomic E-state index is 4.54. The fraction of sp³-hybridized carbons (Fsp3) is 0.462. The van der Waals surface area contributed by atoms with Crippen LogP contribution in [0, 0.1) is 0 Å². The van der Waals surface area contributed by atoms with Gasteiger partial charge in [-0.1, -0.05) is 25.5 Å². The predicted molar refractivity (Wildman–Crippen MR) is 66.9 cm³/mol. The molecule has 0 saturated heterocycles. The van der Waals surface area contributed by atoms with Crippen LogP contribution in [0.25, 0.3) is 0 Å². The summed E-state index contributed by atoms with van der Waals surface area (Å²) < 4.78 is 0. The molecule has 0 spiro atoms. The van der Waals surface area contributed by atoms with Crippen molar-refractivity contribution >= 4 is 11.5 Å². The molecule has 0 aliphatic heterocycles. The lowest BCUT2D eigenvalue weighted by molar-refractivity contribution is 0.619. The van der Waals surface area contributed by atoms with Crippen molar-refractivity contribution in [2.75, 3.05) is 14.1 Å². The van der Waals surface area contributed by atoms with Crippen molar-refractivity contribution < 1.29 is 0 Å². The normalized spacial score (nSPS) is 11.6. The maximum atomic E-state index is 4.54. The summed E-state index contributed by atoms with van der Waals surface area (Å²) in [6.07, 6.45) is 2.31. The van der Waals surface area contributed by atoms with Gasteiger partial charge in [-0.25, -0.2) is 4.99 Å². The molecule has 1 aromatic rings. The lowest BCUT2D eigenvalue weighted by atomic mass is 10.1. The minimum Gasteiger partial charge on any atom is -0.366 e. The van der Waals surface area contributed by atoms with Gasteiger partial charge in [-0.2, -0.15) is 0 Å². The van der Waals surface area contributed by atoms with E-state index in [1.807, 2.05) is 32.0 Å². The standard InChI is InChI=1S/C13H20N2/c1-5-7-12-8-6-9-13(10-12)14-11(2)15(3)4/h6,8-10H,5,7H2,1-4H3/b14-11+. The van der Waals surface area contributed by atoms with Crippen molar-refractivity contribution in [3.63, 3.8) is 0 Å². The van der Waals surface area contributed by atoms with Crippen molar-refractivity contribution in [2.45, 2.75) is 26.7 Å². The number of hydrogen-bond donors (Lipinski definition) is 0. The van der Waals surface area contributed by atoms with E-state index in [0.29, 0.717) is 0 Å². The molecule has 1 rings (SSSR count). The quantitative estimate of drug-likeness (QED) is 0.545. The average molecular weight is 204 g/mol. The van der Waals surface area contributed by atoms with E-state index in [1.54, 1.807) is 0 Å². The van der Waals surface area contributed by atoms with Gasteiger partial charge in [0.15, 0.2) is 0 Å². The summed E-state index contributed by atoms with van der Waals surface area (Å²) in [7, 11) is 4.02. The highest BCUT2D eigenvalue weighted by atomic mass is 15.1. The predicted octanol–water partition coefficient (Wildman–Crippen LogP) is 3.25. The van der Waals surface area contributed by atoms with Gasteiger partial charge in [-0.3, -0.25) is 0 Å². The smallest absolute Gasteiger partial charge is 0.101 e. The summed E-state index contributed by atoms with van der Waals surface area (Å²) >= 11 is 0. The van der Waals surface area contributed by atoms with E-state index in [0.717, 1.165) is 17.9 Å². The molecule has 0 heterocycles. The summed E-state index contributed by atoms with van der Waals surface area (Å²) in [6.45, 7) is 4.22. The molecule has 2 heteroatoms. The van der Waals surface area contributed by atoms with Gasteiger partial charge in [-0.05, 0) is 31.0 Å². The molecule has 0 atom stereocenters. The molecule has 0 N–H and O–H groups in total. The monoisotopic (exact) mass is 204 g/mol. The lowest BCUT2D eigenvalue weighted by Gasteiger charge is -2.11. The Morgan fingerprint density at radius 2 is 2.07 bits per heavy atom. The molecule has 15 heavy (non-hydrogen) atoms. The van der Waals surface area contributed by atoms with Crippen LogP contribution in [0.15, 0.2) is 29.3 Å². The van der Waals surface area contributed by atoms with Gasteiger partial charge in [0.25, 0.3) is 0 Å². The second-order valence-corrected chi connectivity index (χ2v) is 3.97. The fourth-order valence-electron chi connectivity index (χ4n) is 1.36. The zero-order chi connectivity index (χ0) is 11.3. The van der Waals surface area contributed by atoms with E-state index in [2.05, 4.69) is 30.1 Å². The largest absolute Gasteiger partial charge is 0.366 e. The molecule has 2 nitrogen and oxygen atoms in total. The molecule has 0 aliphatic rings.